The predicted octanol–water partition coefficient (Wildman–Crippen LogP) is 0.552. The number of nitrogens with zero attached hydrogens (tertiary/aromatic N) is 4. The molecule has 21 heavy (non-hydrogen) atoms. The molecule has 0 radical (unpaired) electrons. The standard InChI is InChI=1S/C13H23N5O2S/c1-4-5-11-12(14-2)15-10-16-13(11)17-6-8-18(9-7-17)21(3,19)20/h10H,4-9H2,1-3H3,(H,14,15,16). The molecule has 0 saturated carbocycles. The van der Waals surface area contributed by atoms with Crippen molar-refractivity contribution in [3.05, 3.63) is 11.9 Å². The number of nitrogens with one attached hydrogen (secondary N) is 1. The third-order valence-corrected chi connectivity index (χ3v) is 4.97. The Morgan fingerprint density at radius 2 is 1.90 bits per heavy atom. The van der Waals surface area contributed by atoms with Gasteiger partial charge < -0.3 is 10.2 Å². The first kappa shape index (κ1) is 16.0. The van der Waals surface area contributed by atoms with Crippen molar-refractivity contribution in [3.8, 4) is 0 Å². The number of piperazine rings is 1. The molecule has 0 bridgehead atoms. The van der Waals surface area contributed by atoms with Crippen molar-refractivity contribution in [1.29, 1.82) is 0 Å². The molecule has 1 N–H and O–H groups in total. The summed E-state index contributed by atoms with van der Waals surface area (Å²) < 4.78 is 24.7. The van der Waals surface area contributed by atoms with E-state index in [4.69, 9.17) is 0 Å². The predicted molar refractivity (Wildman–Crippen MR) is 84.2 cm³/mol. The molecule has 0 spiro atoms. The van der Waals surface area contributed by atoms with Crippen LogP contribution in [0.4, 0.5) is 11.6 Å². The van der Waals surface area contributed by atoms with Gasteiger partial charge in [-0.1, -0.05) is 13.3 Å². The molecule has 2 rings (SSSR count). The largest absolute Gasteiger partial charge is 0.373 e. The number of sulfonamides is 1. The van der Waals surface area contributed by atoms with Crippen molar-refractivity contribution in [1.82, 2.24) is 14.3 Å². The SMILES string of the molecule is CCCc1c(NC)ncnc1N1CCN(S(C)(=O)=O)CC1. The van der Waals surface area contributed by atoms with E-state index in [-0.39, 0.29) is 0 Å². The van der Waals surface area contributed by atoms with Crippen LogP contribution in [0.15, 0.2) is 6.33 Å². The second-order valence-electron chi connectivity index (χ2n) is 5.17. The molecule has 1 saturated heterocycles. The molecule has 8 heteroatoms. The van der Waals surface area contributed by atoms with Crippen LogP contribution in [0.5, 0.6) is 0 Å². The number of hydrogen-bond acceptors (Lipinski definition) is 6. The maximum absolute atomic E-state index is 11.6. The maximum Gasteiger partial charge on any atom is 0.211 e. The molecule has 0 amide bonds. The van der Waals surface area contributed by atoms with Gasteiger partial charge in [0, 0.05) is 38.8 Å². The van der Waals surface area contributed by atoms with Crippen LogP contribution in [0.1, 0.15) is 18.9 Å². The van der Waals surface area contributed by atoms with Crippen LogP contribution >= 0.6 is 0 Å². The molecule has 0 unspecified atom stereocenters. The summed E-state index contributed by atoms with van der Waals surface area (Å²) in [4.78, 5) is 10.8. The monoisotopic (exact) mass is 313 g/mol. The first-order valence-electron chi connectivity index (χ1n) is 7.19. The van der Waals surface area contributed by atoms with Gasteiger partial charge in [-0.3, -0.25) is 0 Å². The normalized spacial score (nSPS) is 17.0. The Labute approximate surface area is 126 Å². The molecule has 1 aliphatic heterocycles. The number of aromatic nitrogens is 2. The zero-order valence-electron chi connectivity index (χ0n) is 12.8. The first-order chi connectivity index (χ1) is 9.97. The summed E-state index contributed by atoms with van der Waals surface area (Å²) in [7, 11) is -1.25. The van der Waals surface area contributed by atoms with E-state index in [2.05, 4.69) is 27.1 Å². The van der Waals surface area contributed by atoms with E-state index < -0.39 is 10.0 Å². The minimum absolute atomic E-state index is 0.503. The fraction of sp³-hybridized carbons (Fsp3) is 0.692. The minimum atomic E-state index is -3.10. The van der Waals surface area contributed by atoms with Gasteiger partial charge in [0.25, 0.3) is 0 Å². The van der Waals surface area contributed by atoms with E-state index in [0.29, 0.717) is 26.2 Å². The average molecular weight is 313 g/mol. The van der Waals surface area contributed by atoms with Gasteiger partial charge in [0.2, 0.25) is 10.0 Å². The Morgan fingerprint density at radius 1 is 1.24 bits per heavy atom. The summed E-state index contributed by atoms with van der Waals surface area (Å²) in [6.07, 6.45) is 4.73. The summed E-state index contributed by atoms with van der Waals surface area (Å²) in [6.45, 7) is 4.44. The van der Waals surface area contributed by atoms with E-state index in [0.717, 1.165) is 30.0 Å². The van der Waals surface area contributed by atoms with Crippen molar-refractivity contribution in [2.24, 2.45) is 0 Å². The highest BCUT2D eigenvalue weighted by Crippen LogP contribution is 2.25. The van der Waals surface area contributed by atoms with Gasteiger partial charge in [0.05, 0.1) is 6.26 Å². The van der Waals surface area contributed by atoms with Crippen LogP contribution in [0, 0.1) is 0 Å². The van der Waals surface area contributed by atoms with Crippen LogP contribution in [0.25, 0.3) is 0 Å². The molecule has 0 aliphatic carbocycles. The van der Waals surface area contributed by atoms with Gasteiger partial charge in [-0.25, -0.2) is 18.4 Å². The van der Waals surface area contributed by atoms with Crippen molar-refractivity contribution in [2.75, 3.05) is 49.7 Å². The van der Waals surface area contributed by atoms with Crippen molar-refractivity contribution >= 4 is 21.7 Å². The number of hydrogen-bond donors (Lipinski definition) is 1. The van der Waals surface area contributed by atoms with Crippen molar-refractivity contribution in [2.45, 2.75) is 19.8 Å². The summed E-state index contributed by atoms with van der Waals surface area (Å²) in [5.74, 6) is 1.77. The minimum Gasteiger partial charge on any atom is -0.373 e. The molecule has 118 valence electrons. The summed E-state index contributed by atoms with van der Waals surface area (Å²) in [5.41, 5.74) is 1.11. The lowest BCUT2D eigenvalue weighted by Gasteiger charge is -2.35. The highest BCUT2D eigenvalue weighted by Gasteiger charge is 2.25. The smallest absolute Gasteiger partial charge is 0.211 e. The lowest BCUT2D eigenvalue weighted by Crippen LogP contribution is -2.48. The Hall–Kier alpha value is -1.41. The third-order valence-electron chi connectivity index (χ3n) is 3.67. The lowest BCUT2D eigenvalue weighted by molar-refractivity contribution is 0.386. The highest BCUT2D eigenvalue weighted by molar-refractivity contribution is 7.88. The fourth-order valence-corrected chi connectivity index (χ4v) is 3.43. The van der Waals surface area contributed by atoms with Crippen LogP contribution < -0.4 is 10.2 Å². The van der Waals surface area contributed by atoms with Crippen LogP contribution in [-0.2, 0) is 16.4 Å². The van der Waals surface area contributed by atoms with Crippen molar-refractivity contribution < 1.29 is 8.42 Å². The van der Waals surface area contributed by atoms with E-state index in [9.17, 15) is 8.42 Å². The van der Waals surface area contributed by atoms with E-state index in [1.54, 1.807) is 6.33 Å². The Bertz CT molecular complexity index is 582. The molecule has 1 aromatic heterocycles. The van der Waals surface area contributed by atoms with Crippen molar-refractivity contribution in [3.63, 3.8) is 0 Å². The summed E-state index contributed by atoms with van der Waals surface area (Å²) in [6, 6.07) is 0. The molecular formula is C13H23N5O2S. The van der Waals surface area contributed by atoms with Gasteiger partial charge in [0.1, 0.15) is 18.0 Å². The average Bonchev–Trinajstić information content (AvgIpc) is 2.47. The molecular weight excluding hydrogens is 290 g/mol. The van der Waals surface area contributed by atoms with Gasteiger partial charge in [0.15, 0.2) is 0 Å². The quantitative estimate of drug-likeness (QED) is 0.855. The number of anilines is 2. The zero-order chi connectivity index (χ0) is 15.5. The second-order valence-corrected chi connectivity index (χ2v) is 7.16. The van der Waals surface area contributed by atoms with E-state index in [1.807, 2.05) is 7.05 Å². The zero-order valence-corrected chi connectivity index (χ0v) is 13.7. The van der Waals surface area contributed by atoms with E-state index >= 15 is 0 Å². The van der Waals surface area contributed by atoms with Crippen LogP contribution in [0.3, 0.4) is 0 Å². The first-order valence-corrected chi connectivity index (χ1v) is 9.04. The molecule has 0 aromatic carbocycles. The highest BCUT2D eigenvalue weighted by atomic mass is 32.2. The molecule has 1 fully saturated rings. The summed E-state index contributed by atoms with van der Waals surface area (Å²) >= 11 is 0. The van der Waals surface area contributed by atoms with Crippen LogP contribution in [0.2, 0.25) is 0 Å². The van der Waals surface area contributed by atoms with Crippen LogP contribution in [-0.4, -0.2) is 62.2 Å². The van der Waals surface area contributed by atoms with Gasteiger partial charge in [-0.2, -0.15) is 4.31 Å². The van der Waals surface area contributed by atoms with Gasteiger partial charge in [-0.05, 0) is 6.42 Å². The fourth-order valence-electron chi connectivity index (χ4n) is 2.60. The molecule has 1 aromatic rings. The molecule has 0 atom stereocenters. The third kappa shape index (κ3) is 3.62. The van der Waals surface area contributed by atoms with Gasteiger partial charge in [-0.15, -0.1) is 0 Å². The Balaban J connectivity index is 2.20. The lowest BCUT2D eigenvalue weighted by atomic mass is 10.1. The molecule has 2 heterocycles. The van der Waals surface area contributed by atoms with E-state index in [1.165, 1.54) is 10.6 Å². The maximum atomic E-state index is 11.6. The molecule has 1 aliphatic rings. The second kappa shape index (κ2) is 6.57. The summed E-state index contributed by atoms with van der Waals surface area (Å²) in [5, 5.41) is 3.11. The topological polar surface area (TPSA) is 78.4 Å². The Kier molecular flexibility index (Phi) is 5.00. The Morgan fingerprint density at radius 3 is 2.43 bits per heavy atom. The number of rotatable bonds is 5. The molecule has 7 nitrogen and oxygen atoms in total. The van der Waals surface area contributed by atoms with Gasteiger partial charge >= 0.3 is 0 Å².